The summed E-state index contributed by atoms with van der Waals surface area (Å²) < 4.78 is 13.8. The fourth-order valence-electron chi connectivity index (χ4n) is 2.76. The molecule has 0 radical (unpaired) electrons. The Morgan fingerprint density at radius 2 is 1.89 bits per heavy atom. The van der Waals surface area contributed by atoms with Crippen molar-refractivity contribution in [1.82, 2.24) is 0 Å². The maximum Gasteiger partial charge on any atom is 0.137 e. The van der Waals surface area contributed by atoms with E-state index in [-0.39, 0.29) is 5.82 Å². The summed E-state index contributed by atoms with van der Waals surface area (Å²) >= 11 is 3.21. The Labute approximate surface area is 121 Å². The van der Waals surface area contributed by atoms with Crippen LogP contribution in [0.4, 0.5) is 10.1 Å². The molecule has 3 rings (SSSR count). The van der Waals surface area contributed by atoms with Gasteiger partial charge in [0.2, 0.25) is 0 Å². The standard InChI is InChI=1S/C15H18BrFN2/c1-10-8-13(17)12(16)9-14(10)19-18-11-2-4-15(5-3-11)6-7-15/h8-9,19H,2-7H2,1H3. The van der Waals surface area contributed by atoms with Crippen molar-refractivity contribution in [2.45, 2.75) is 45.4 Å². The molecule has 2 fully saturated rings. The number of anilines is 1. The number of hydrogen-bond acceptors (Lipinski definition) is 2. The van der Waals surface area contributed by atoms with Crippen molar-refractivity contribution in [2.75, 3.05) is 5.43 Å². The zero-order valence-corrected chi connectivity index (χ0v) is 12.7. The van der Waals surface area contributed by atoms with Crippen LogP contribution < -0.4 is 5.43 Å². The summed E-state index contributed by atoms with van der Waals surface area (Å²) in [7, 11) is 0. The van der Waals surface area contributed by atoms with Gasteiger partial charge in [0.05, 0.1) is 10.2 Å². The Kier molecular flexibility index (Phi) is 3.37. The normalized spacial score (nSPS) is 20.5. The van der Waals surface area contributed by atoms with Crippen LogP contribution in [0.2, 0.25) is 0 Å². The predicted octanol–water partition coefficient (Wildman–Crippen LogP) is 5.02. The molecule has 0 heterocycles. The van der Waals surface area contributed by atoms with Crippen LogP contribution in [0.15, 0.2) is 21.7 Å². The van der Waals surface area contributed by atoms with Gasteiger partial charge in [-0.2, -0.15) is 5.10 Å². The molecule has 2 saturated carbocycles. The lowest BCUT2D eigenvalue weighted by molar-refractivity contribution is 0.420. The lowest BCUT2D eigenvalue weighted by Crippen LogP contribution is -2.16. The van der Waals surface area contributed by atoms with E-state index in [1.165, 1.54) is 37.5 Å². The molecule has 1 aromatic carbocycles. The van der Waals surface area contributed by atoms with Gasteiger partial charge in [-0.15, -0.1) is 0 Å². The first kappa shape index (κ1) is 13.1. The second-order valence-corrected chi connectivity index (χ2v) is 6.73. The van der Waals surface area contributed by atoms with Gasteiger partial charge in [0.1, 0.15) is 5.82 Å². The summed E-state index contributed by atoms with van der Waals surface area (Å²) in [5.74, 6) is -0.232. The first-order valence-corrected chi connectivity index (χ1v) is 7.64. The molecule has 0 saturated heterocycles. The monoisotopic (exact) mass is 324 g/mol. The maximum atomic E-state index is 13.3. The minimum atomic E-state index is -0.232. The van der Waals surface area contributed by atoms with E-state index in [1.807, 2.05) is 6.92 Å². The van der Waals surface area contributed by atoms with E-state index in [0.717, 1.165) is 24.1 Å². The molecule has 0 aliphatic heterocycles. The topological polar surface area (TPSA) is 24.4 Å². The van der Waals surface area contributed by atoms with Gasteiger partial charge in [-0.25, -0.2) is 4.39 Å². The third kappa shape index (κ3) is 2.83. The molecule has 4 heteroatoms. The highest BCUT2D eigenvalue weighted by Crippen LogP contribution is 2.55. The van der Waals surface area contributed by atoms with Crippen molar-refractivity contribution in [3.63, 3.8) is 0 Å². The fraction of sp³-hybridized carbons (Fsp3) is 0.533. The molecule has 2 nitrogen and oxygen atoms in total. The van der Waals surface area contributed by atoms with E-state index in [0.29, 0.717) is 9.89 Å². The summed E-state index contributed by atoms with van der Waals surface area (Å²) in [5, 5.41) is 4.50. The molecule has 19 heavy (non-hydrogen) atoms. The first-order valence-electron chi connectivity index (χ1n) is 6.85. The molecule has 0 unspecified atom stereocenters. The Hall–Kier alpha value is -0.900. The number of aryl methyl sites for hydroxylation is 1. The SMILES string of the molecule is Cc1cc(F)c(Br)cc1NN=C1CCC2(CC1)CC2. The summed E-state index contributed by atoms with van der Waals surface area (Å²) in [4.78, 5) is 0. The van der Waals surface area contributed by atoms with Crippen molar-refractivity contribution >= 4 is 27.3 Å². The van der Waals surface area contributed by atoms with Crippen LogP contribution in [0, 0.1) is 18.2 Å². The number of hydrazone groups is 1. The molecule has 102 valence electrons. The molecular weight excluding hydrogens is 307 g/mol. The second-order valence-electron chi connectivity index (χ2n) is 5.87. The number of rotatable bonds is 2. The number of hydrogen-bond donors (Lipinski definition) is 1. The highest BCUT2D eigenvalue weighted by Gasteiger charge is 2.43. The van der Waals surface area contributed by atoms with Gasteiger partial charge in [0, 0.05) is 5.71 Å². The van der Waals surface area contributed by atoms with Crippen LogP contribution in [0.25, 0.3) is 0 Å². The van der Waals surface area contributed by atoms with Crippen molar-refractivity contribution in [3.8, 4) is 0 Å². The second kappa shape index (κ2) is 4.89. The average Bonchev–Trinajstić information content (AvgIpc) is 3.14. The van der Waals surface area contributed by atoms with E-state index in [1.54, 1.807) is 6.07 Å². The Morgan fingerprint density at radius 3 is 2.53 bits per heavy atom. The predicted molar refractivity (Wildman–Crippen MR) is 80.0 cm³/mol. The van der Waals surface area contributed by atoms with Crippen molar-refractivity contribution in [3.05, 3.63) is 28.0 Å². The van der Waals surface area contributed by atoms with Gasteiger partial charge in [-0.3, -0.25) is 5.43 Å². The lowest BCUT2D eigenvalue weighted by atomic mass is 9.85. The Balaban J connectivity index is 1.67. The van der Waals surface area contributed by atoms with Crippen molar-refractivity contribution in [2.24, 2.45) is 10.5 Å². The zero-order valence-electron chi connectivity index (χ0n) is 11.1. The van der Waals surface area contributed by atoms with Crippen molar-refractivity contribution in [1.29, 1.82) is 0 Å². The quantitative estimate of drug-likeness (QED) is 0.759. The van der Waals surface area contributed by atoms with Crippen LogP contribution in [-0.4, -0.2) is 5.71 Å². The molecule has 0 aromatic heterocycles. The van der Waals surface area contributed by atoms with Gasteiger partial charge in [0.15, 0.2) is 0 Å². The smallest absolute Gasteiger partial charge is 0.137 e. The number of nitrogens with one attached hydrogen (secondary N) is 1. The molecule has 2 aliphatic rings. The van der Waals surface area contributed by atoms with Crippen LogP contribution in [-0.2, 0) is 0 Å². The Morgan fingerprint density at radius 1 is 1.21 bits per heavy atom. The molecule has 0 bridgehead atoms. The van der Waals surface area contributed by atoms with E-state index < -0.39 is 0 Å². The number of nitrogens with zero attached hydrogens (tertiary/aromatic N) is 1. The van der Waals surface area contributed by atoms with Gasteiger partial charge < -0.3 is 0 Å². The van der Waals surface area contributed by atoms with Gasteiger partial charge >= 0.3 is 0 Å². The summed E-state index contributed by atoms with van der Waals surface area (Å²) in [6.07, 6.45) is 7.62. The lowest BCUT2D eigenvalue weighted by Gasteiger charge is -2.22. The molecular formula is C15H18BrFN2. The first-order chi connectivity index (χ1) is 9.08. The Bertz CT molecular complexity index is 523. The van der Waals surface area contributed by atoms with Crippen LogP contribution in [0.5, 0.6) is 0 Å². The molecule has 1 aromatic rings. The van der Waals surface area contributed by atoms with Gasteiger partial charge in [0.25, 0.3) is 0 Å². The van der Waals surface area contributed by atoms with Crippen LogP contribution >= 0.6 is 15.9 Å². The van der Waals surface area contributed by atoms with Crippen LogP contribution in [0.3, 0.4) is 0 Å². The van der Waals surface area contributed by atoms with Crippen molar-refractivity contribution < 1.29 is 4.39 Å². The van der Waals surface area contributed by atoms with E-state index in [4.69, 9.17) is 0 Å². The fourth-order valence-corrected chi connectivity index (χ4v) is 3.11. The molecule has 1 N–H and O–H groups in total. The summed E-state index contributed by atoms with van der Waals surface area (Å²) in [6.45, 7) is 1.89. The molecule has 0 atom stereocenters. The maximum absolute atomic E-state index is 13.3. The van der Waals surface area contributed by atoms with E-state index >= 15 is 0 Å². The summed E-state index contributed by atoms with van der Waals surface area (Å²) in [5.41, 5.74) is 6.77. The zero-order chi connectivity index (χ0) is 13.5. The largest absolute Gasteiger partial charge is 0.278 e. The minimum absolute atomic E-state index is 0.232. The van der Waals surface area contributed by atoms with Gasteiger partial charge in [-0.1, -0.05) is 0 Å². The third-order valence-electron chi connectivity index (χ3n) is 4.45. The molecule has 0 amide bonds. The highest BCUT2D eigenvalue weighted by atomic mass is 79.9. The van der Waals surface area contributed by atoms with Crippen LogP contribution in [0.1, 0.15) is 44.1 Å². The minimum Gasteiger partial charge on any atom is -0.278 e. The number of benzene rings is 1. The highest BCUT2D eigenvalue weighted by molar-refractivity contribution is 9.10. The third-order valence-corrected chi connectivity index (χ3v) is 5.05. The summed E-state index contributed by atoms with van der Waals surface area (Å²) in [6, 6.07) is 3.27. The van der Waals surface area contributed by atoms with Gasteiger partial charge in [-0.05, 0) is 84.5 Å². The van der Waals surface area contributed by atoms with E-state index in [2.05, 4.69) is 26.5 Å². The number of halogens is 2. The molecule has 1 spiro atoms. The molecule has 2 aliphatic carbocycles. The van der Waals surface area contributed by atoms with E-state index in [9.17, 15) is 4.39 Å². The average molecular weight is 325 g/mol.